The second kappa shape index (κ2) is 3.41. The van der Waals surface area contributed by atoms with Crippen molar-refractivity contribution in [2.24, 2.45) is 5.92 Å². The molecule has 1 aromatic carbocycles. The number of rotatable bonds is 1. The summed E-state index contributed by atoms with van der Waals surface area (Å²) in [7, 11) is 2.03. The monoisotopic (exact) mass is 199 g/mol. The van der Waals surface area contributed by atoms with Gasteiger partial charge in [-0.15, -0.1) is 0 Å². The topological polar surface area (TPSA) is 12.0 Å². The van der Waals surface area contributed by atoms with Gasteiger partial charge in [-0.05, 0) is 48.3 Å². The first-order chi connectivity index (χ1) is 7.38. The maximum absolute atomic E-state index is 3.33. The van der Waals surface area contributed by atoms with E-state index in [1.165, 1.54) is 24.9 Å². The normalized spacial score (nSPS) is 27.3. The summed E-state index contributed by atoms with van der Waals surface area (Å²) in [6.45, 7) is 0. The lowest BCUT2D eigenvalue weighted by atomic mass is 9.72. The average molecular weight is 199 g/mol. The Hall–Kier alpha value is -1.24. The second-order valence-corrected chi connectivity index (χ2v) is 4.69. The van der Waals surface area contributed by atoms with Crippen molar-refractivity contribution in [1.82, 2.24) is 0 Å². The van der Waals surface area contributed by atoms with Crippen LogP contribution in [-0.4, -0.2) is 7.05 Å². The molecule has 0 aliphatic heterocycles. The van der Waals surface area contributed by atoms with Crippen molar-refractivity contribution < 1.29 is 0 Å². The molecule has 1 nitrogen and oxygen atoms in total. The van der Waals surface area contributed by atoms with Gasteiger partial charge in [-0.2, -0.15) is 0 Å². The van der Waals surface area contributed by atoms with E-state index in [-0.39, 0.29) is 0 Å². The van der Waals surface area contributed by atoms with Crippen LogP contribution in [0.1, 0.15) is 29.9 Å². The predicted molar refractivity (Wildman–Crippen MR) is 64.3 cm³/mol. The summed E-state index contributed by atoms with van der Waals surface area (Å²) < 4.78 is 0. The van der Waals surface area contributed by atoms with Gasteiger partial charge in [0.25, 0.3) is 0 Å². The second-order valence-electron chi connectivity index (χ2n) is 4.69. The standard InChI is InChI=1S/C14H17N/c1-15-13-7-3-6-12-9-10-4-2-5-11(8-10)14(12)13/h2-4,6-7,10-11,15H,5,8-9H2,1H3. The zero-order valence-corrected chi connectivity index (χ0v) is 9.16. The highest BCUT2D eigenvalue weighted by Crippen LogP contribution is 2.43. The highest BCUT2D eigenvalue weighted by Gasteiger charge is 2.28. The Morgan fingerprint density at radius 1 is 1.33 bits per heavy atom. The number of hydrogen-bond donors (Lipinski definition) is 1. The van der Waals surface area contributed by atoms with Crippen LogP contribution in [0.5, 0.6) is 0 Å². The van der Waals surface area contributed by atoms with Gasteiger partial charge in [-0.1, -0.05) is 24.3 Å². The number of allylic oxidation sites excluding steroid dienone is 2. The summed E-state index contributed by atoms with van der Waals surface area (Å²) >= 11 is 0. The fourth-order valence-electron chi connectivity index (χ4n) is 3.14. The summed E-state index contributed by atoms with van der Waals surface area (Å²) in [6, 6.07) is 6.68. The summed E-state index contributed by atoms with van der Waals surface area (Å²) in [6.07, 6.45) is 8.59. The van der Waals surface area contributed by atoms with E-state index in [1.54, 1.807) is 11.1 Å². The van der Waals surface area contributed by atoms with Gasteiger partial charge in [0.15, 0.2) is 0 Å². The molecule has 1 aromatic rings. The summed E-state index contributed by atoms with van der Waals surface area (Å²) in [5.74, 6) is 1.55. The van der Waals surface area contributed by atoms with Crippen LogP contribution in [0.25, 0.3) is 0 Å². The Bertz CT molecular complexity index is 406. The Labute approximate surface area is 91.2 Å². The van der Waals surface area contributed by atoms with Gasteiger partial charge in [0, 0.05) is 12.7 Å². The SMILES string of the molecule is CNc1cccc2c1C1CC=CC(C2)C1. The molecular weight excluding hydrogens is 182 g/mol. The molecule has 0 spiro atoms. The van der Waals surface area contributed by atoms with Crippen molar-refractivity contribution in [2.45, 2.75) is 25.2 Å². The first-order valence-electron chi connectivity index (χ1n) is 5.84. The molecule has 0 heterocycles. The molecule has 2 aliphatic rings. The Kier molecular flexibility index (Phi) is 2.05. The van der Waals surface area contributed by atoms with Crippen molar-refractivity contribution in [3.05, 3.63) is 41.5 Å². The Morgan fingerprint density at radius 3 is 3.13 bits per heavy atom. The molecule has 0 saturated heterocycles. The smallest absolute Gasteiger partial charge is 0.0375 e. The maximum Gasteiger partial charge on any atom is 0.0375 e. The van der Waals surface area contributed by atoms with E-state index in [4.69, 9.17) is 0 Å². The molecule has 15 heavy (non-hydrogen) atoms. The number of hydrogen-bond acceptors (Lipinski definition) is 1. The minimum atomic E-state index is 0.757. The van der Waals surface area contributed by atoms with Crippen LogP contribution in [0.15, 0.2) is 30.4 Å². The third-order valence-corrected chi connectivity index (χ3v) is 3.77. The van der Waals surface area contributed by atoms with Gasteiger partial charge in [0.1, 0.15) is 0 Å². The summed E-state index contributed by atoms with van der Waals surface area (Å²) in [5.41, 5.74) is 4.49. The molecule has 0 radical (unpaired) electrons. The molecule has 0 amide bonds. The van der Waals surface area contributed by atoms with Gasteiger partial charge >= 0.3 is 0 Å². The lowest BCUT2D eigenvalue weighted by Gasteiger charge is -2.34. The summed E-state index contributed by atoms with van der Waals surface area (Å²) in [4.78, 5) is 0. The van der Waals surface area contributed by atoms with Gasteiger partial charge in [-0.3, -0.25) is 0 Å². The van der Waals surface area contributed by atoms with E-state index in [0.717, 1.165) is 11.8 Å². The first kappa shape index (κ1) is 9.02. The average Bonchev–Trinajstić information content (AvgIpc) is 2.28. The fourth-order valence-corrected chi connectivity index (χ4v) is 3.14. The van der Waals surface area contributed by atoms with Crippen LogP contribution in [0.4, 0.5) is 5.69 Å². The van der Waals surface area contributed by atoms with Gasteiger partial charge in [0.05, 0.1) is 0 Å². The van der Waals surface area contributed by atoms with E-state index >= 15 is 0 Å². The van der Waals surface area contributed by atoms with Crippen molar-refractivity contribution in [2.75, 3.05) is 12.4 Å². The molecule has 0 saturated carbocycles. The molecule has 2 bridgehead atoms. The zero-order chi connectivity index (χ0) is 10.3. The molecule has 1 heteroatoms. The van der Waals surface area contributed by atoms with Gasteiger partial charge in [0.2, 0.25) is 0 Å². The van der Waals surface area contributed by atoms with E-state index in [2.05, 4.69) is 35.7 Å². The molecular formula is C14H17N. The van der Waals surface area contributed by atoms with Crippen LogP contribution in [0.2, 0.25) is 0 Å². The van der Waals surface area contributed by atoms with Crippen LogP contribution in [-0.2, 0) is 6.42 Å². The molecule has 1 N–H and O–H groups in total. The number of fused-ring (bicyclic) bond motifs is 4. The molecule has 2 atom stereocenters. The minimum absolute atomic E-state index is 0.757. The third-order valence-electron chi connectivity index (χ3n) is 3.77. The van der Waals surface area contributed by atoms with E-state index in [1.807, 2.05) is 7.05 Å². The lowest BCUT2D eigenvalue weighted by molar-refractivity contribution is 0.450. The largest absolute Gasteiger partial charge is 0.388 e. The molecule has 78 valence electrons. The van der Waals surface area contributed by atoms with Crippen molar-refractivity contribution in [3.8, 4) is 0 Å². The van der Waals surface area contributed by atoms with Crippen molar-refractivity contribution in [3.63, 3.8) is 0 Å². The zero-order valence-electron chi connectivity index (χ0n) is 9.16. The van der Waals surface area contributed by atoms with Gasteiger partial charge in [-0.25, -0.2) is 0 Å². The molecule has 0 fully saturated rings. The lowest BCUT2D eigenvalue weighted by Crippen LogP contribution is -2.21. The maximum atomic E-state index is 3.33. The predicted octanol–water partition coefficient (Wildman–Crippen LogP) is 3.33. The van der Waals surface area contributed by atoms with Crippen molar-refractivity contribution in [1.29, 1.82) is 0 Å². The first-order valence-corrected chi connectivity index (χ1v) is 5.84. The highest BCUT2D eigenvalue weighted by atomic mass is 14.8. The van der Waals surface area contributed by atoms with Crippen LogP contribution in [0.3, 0.4) is 0 Å². The molecule has 2 unspecified atom stereocenters. The van der Waals surface area contributed by atoms with E-state index in [9.17, 15) is 0 Å². The van der Waals surface area contributed by atoms with Crippen LogP contribution < -0.4 is 5.32 Å². The fraction of sp³-hybridized carbons (Fsp3) is 0.429. The molecule has 2 aliphatic carbocycles. The van der Waals surface area contributed by atoms with Crippen LogP contribution in [0, 0.1) is 5.92 Å². The van der Waals surface area contributed by atoms with Crippen molar-refractivity contribution >= 4 is 5.69 Å². The minimum Gasteiger partial charge on any atom is -0.388 e. The van der Waals surface area contributed by atoms with E-state index < -0.39 is 0 Å². The quantitative estimate of drug-likeness (QED) is 0.684. The summed E-state index contributed by atoms with van der Waals surface area (Å²) in [5, 5.41) is 3.33. The van der Waals surface area contributed by atoms with E-state index in [0.29, 0.717) is 0 Å². The van der Waals surface area contributed by atoms with Gasteiger partial charge < -0.3 is 5.32 Å². The number of nitrogens with one attached hydrogen (secondary N) is 1. The molecule has 3 rings (SSSR count). The molecule has 0 aromatic heterocycles. The third kappa shape index (κ3) is 1.38. The number of anilines is 1. The van der Waals surface area contributed by atoms with Crippen LogP contribution >= 0.6 is 0 Å². The Balaban J connectivity index is 2.12. The Morgan fingerprint density at radius 2 is 2.27 bits per heavy atom. The highest BCUT2D eigenvalue weighted by molar-refractivity contribution is 5.57. The number of benzene rings is 1.